The molecule has 3 aromatic rings. The number of non-ortho nitro benzene ring substituents is 1. The highest BCUT2D eigenvalue weighted by Crippen LogP contribution is 2.30. The number of anilines is 1. The van der Waals surface area contributed by atoms with E-state index in [4.69, 9.17) is 9.47 Å². The lowest BCUT2D eigenvalue weighted by Crippen LogP contribution is -2.54. The van der Waals surface area contributed by atoms with Crippen molar-refractivity contribution in [2.75, 3.05) is 12.0 Å². The summed E-state index contributed by atoms with van der Waals surface area (Å²) in [5.41, 5.74) is 1.67. The molecule has 4 rings (SSSR count). The van der Waals surface area contributed by atoms with Gasteiger partial charge in [0.1, 0.15) is 23.7 Å². The SMILES string of the molecule is COc1ccc(/C=C2/C(=O)NC(=O)N(c3ccc(Br)c(C)c3)C2=O)c(OCc2cccc([N+](=O)[O-])c2)c1. The Labute approximate surface area is 219 Å². The maximum atomic E-state index is 13.3. The summed E-state index contributed by atoms with van der Waals surface area (Å²) in [4.78, 5) is 49.9. The zero-order valence-electron chi connectivity index (χ0n) is 19.7. The number of methoxy groups -OCH3 is 1. The number of amides is 4. The van der Waals surface area contributed by atoms with Gasteiger partial charge in [0.15, 0.2) is 0 Å². The first-order chi connectivity index (χ1) is 17.7. The van der Waals surface area contributed by atoms with Crippen LogP contribution in [0.5, 0.6) is 11.5 Å². The smallest absolute Gasteiger partial charge is 0.335 e. The van der Waals surface area contributed by atoms with E-state index in [9.17, 15) is 24.5 Å². The monoisotopic (exact) mass is 565 g/mol. The molecule has 0 aliphatic carbocycles. The summed E-state index contributed by atoms with van der Waals surface area (Å²) in [6, 6.07) is 14.9. The van der Waals surface area contributed by atoms with Gasteiger partial charge in [-0.2, -0.15) is 0 Å². The molecule has 1 fully saturated rings. The van der Waals surface area contributed by atoms with Gasteiger partial charge >= 0.3 is 6.03 Å². The van der Waals surface area contributed by atoms with E-state index >= 15 is 0 Å². The second kappa shape index (κ2) is 10.6. The summed E-state index contributed by atoms with van der Waals surface area (Å²) in [5.74, 6) is -0.920. The van der Waals surface area contributed by atoms with Crippen LogP contribution in [0.15, 0.2) is 70.7 Å². The predicted octanol–water partition coefficient (Wildman–Crippen LogP) is 4.92. The first kappa shape index (κ1) is 25.6. The average Bonchev–Trinajstić information content (AvgIpc) is 2.87. The Morgan fingerprint density at radius 3 is 2.57 bits per heavy atom. The molecule has 0 aromatic heterocycles. The molecule has 1 aliphatic heterocycles. The summed E-state index contributed by atoms with van der Waals surface area (Å²) in [6.07, 6.45) is 1.32. The van der Waals surface area contributed by atoms with Crippen molar-refractivity contribution < 1.29 is 28.8 Å². The van der Waals surface area contributed by atoms with Crippen molar-refractivity contribution in [2.45, 2.75) is 13.5 Å². The van der Waals surface area contributed by atoms with E-state index in [1.165, 1.54) is 25.3 Å². The number of benzene rings is 3. The van der Waals surface area contributed by atoms with Crippen molar-refractivity contribution in [2.24, 2.45) is 0 Å². The molecular weight excluding hydrogens is 546 g/mol. The molecule has 4 amide bonds. The molecule has 0 radical (unpaired) electrons. The van der Waals surface area contributed by atoms with Crippen molar-refractivity contribution in [3.05, 3.63) is 97.5 Å². The normalized spacial score (nSPS) is 14.5. The van der Waals surface area contributed by atoms with Crippen LogP contribution in [0.25, 0.3) is 6.08 Å². The summed E-state index contributed by atoms with van der Waals surface area (Å²) in [5, 5.41) is 13.3. The fourth-order valence-electron chi connectivity index (χ4n) is 3.62. The van der Waals surface area contributed by atoms with Gasteiger partial charge in [0, 0.05) is 28.2 Å². The van der Waals surface area contributed by atoms with Gasteiger partial charge in [0.25, 0.3) is 17.5 Å². The molecule has 10 nitrogen and oxygen atoms in total. The summed E-state index contributed by atoms with van der Waals surface area (Å²) < 4.78 is 12.0. The number of urea groups is 1. The zero-order valence-corrected chi connectivity index (χ0v) is 21.3. The maximum Gasteiger partial charge on any atom is 0.335 e. The predicted molar refractivity (Wildman–Crippen MR) is 138 cm³/mol. The van der Waals surface area contributed by atoms with E-state index in [1.54, 1.807) is 48.5 Å². The number of imide groups is 2. The van der Waals surface area contributed by atoms with Crippen molar-refractivity contribution in [3.8, 4) is 11.5 Å². The minimum Gasteiger partial charge on any atom is -0.497 e. The lowest BCUT2D eigenvalue weighted by Gasteiger charge is -2.27. The van der Waals surface area contributed by atoms with Crippen molar-refractivity contribution >= 4 is 51.2 Å². The Morgan fingerprint density at radius 1 is 1.08 bits per heavy atom. The molecule has 188 valence electrons. The fourth-order valence-corrected chi connectivity index (χ4v) is 3.87. The minimum atomic E-state index is -0.856. The lowest BCUT2D eigenvalue weighted by atomic mass is 10.1. The fraction of sp³-hybridized carbons (Fsp3) is 0.115. The number of nitro benzene ring substituents is 1. The standard InChI is InChI=1S/C26H20BrN3O7/c1-15-10-18(7-9-22(15)27)29-25(32)21(24(31)28-26(29)33)12-17-6-8-20(36-2)13-23(17)37-14-16-4-3-5-19(11-16)30(34)35/h3-13H,14H2,1-2H3,(H,28,31,33)/b21-12-. The van der Waals surface area contributed by atoms with Crippen LogP contribution >= 0.6 is 15.9 Å². The summed E-state index contributed by atoms with van der Waals surface area (Å²) >= 11 is 3.38. The van der Waals surface area contributed by atoms with Crippen LogP contribution in [0.1, 0.15) is 16.7 Å². The molecule has 0 saturated carbocycles. The Hall–Kier alpha value is -4.51. The minimum absolute atomic E-state index is 0.0199. The number of ether oxygens (including phenoxy) is 2. The average molecular weight is 566 g/mol. The van der Waals surface area contributed by atoms with Crippen LogP contribution in [0.3, 0.4) is 0 Å². The number of carbonyl (C=O) groups excluding carboxylic acids is 3. The molecule has 3 aromatic carbocycles. The van der Waals surface area contributed by atoms with Crippen LogP contribution in [0.4, 0.5) is 16.2 Å². The van der Waals surface area contributed by atoms with Crippen molar-refractivity contribution in [1.82, 2.24) is 5.32 Å². The second-order valence-electron chi connectivity index (χ2n) is 8.01. The van der Waals surface area contributed by atoms with Gasteiger partial charge in [-0.1, -0.05) is 28.1 Å². The Bertz CT molecular complexity index is 1470. The highest BCUT2D eigenvalue weighted by Gasteiger charge is 2.37. The topological polar surface area (TPSA) is 128 Å². The molecule has 0 bridgehead atoms. The van der Waals surface area contributed by atoms with Gasteiger partial charge in [-0.15, -0.1) is 0 Å². The number of nitro groups is 1. The molecule has 37 heavy (non-hydrogen) atoms. The van der Waals surface area contributed by atoms with Crippen LogP contribution < -0.4 is 19.7 Å². The van der Waals surface area contributed by atoms with Gasteiger partial charge in [-0.05, 0) is 54.5 Å². The van der Waals surface area contributed by atoms with E-state index in [0.717, 1.165) is 14.9 Å². The highest BCUT2D eigenvalue weighted by atomic mass is 79.9. The largest absolute Gasteiger partial charge is 0.497 e. The molecular formula is C26H20BrN3O7. The Morgan fingerprint density at radius 2 is 1.86 bits per heavy atom. The molecule has 11 heteroatoms. The molecule has 1 saturated heterocycles. The highest BCUT2D eigenvalue weighted by molar-refractivity contribution is 9.10. The Balaban J connectivity index is 1.68. The molecule has 1 heterocycles. The maximum absolute atomic E-state index is 13.3. The van der Waals surface area contributed by atoms with E-state index in [1.807, 2.05) is 6.92 Å². The lowest BCUT2D eigenvalue weighted by molar-refractivity contribution is -0.384. The van der Waals surface area contributed by atoms with Crippen LogP contribution in [-0.4, -0.2) is 29.9 Å². The first-order valence-corrected chi connectivity index (χ1v) is 11.7. The Kier molecular flexibility index (Phi) is 7.35. The molecule has 0 atom stereocenters. The van der Waals surface area contributed by atoms with E-state index in [-0.39, 0.29) is 23.6 Å². The first-order valence-electron chi connectivity index (χ1n) is 10.9. The van der Waals surface area contributed by atoms with E-state index in [2.05, 4.69) is 21.2 Å². The number of nitrogens with one attached hydrogen (secondary N) is 1. The summed E-state index contributed by atoms with van der Waals surface area (Å²) in [6.45, 7) is 1.79. The molecule has 1 aliphatic rings. The van der Waals surface area contributed by atoms with Gasteiger partial charge in [0.2, 0.25) is 0 Å². The molecule has 0 spiro atoms. The number of hydrogen-bond acceptors (Lipinski definition) is 7. The summed E-state index contributed by atoms with van der Waals surface area (Å²) in [7, 11) is 1.47. The van der Waals surface area contributed by atoms with Crippen LogP contribution in [-0.2, 0) is 16.2 Å². The molecule has 0 unspecified atom stereocenters. The number of hydrogen-bond donors (Lipinski definition) is 1. The number of nitrogens with zero attached hydrogens (tertiary/aromatic N) is 2. The van der Waals surface area contributed by atoms with Crippen LogP contribution in [0, 0.1) is 17.0 Å². The third-order valence-electron chi connectivity index (χ3n) is 5.54. The number of barbiturate groups is 1. The quantitative estimate of drug-likeness (QED) is 0.186. The van der Waals surface area contributed by atoms with Gasteiger partial charge in [-0.25, -0.2) is 9.69 Å². The van der Waals surface area contributed by atoms with Gasteiger partial charge < -0.3 is 9.47 Å². The number of carbonyl (C=O) groups is 3. The molecule has 1 N–H and O–H groups in total. The second-order valence-corrected chi connectivity index (χ2v) is 8.87. The third-order valence-corrected chi connectivity index (χ3v) is 6.43. The number of rotatable bonds is 7. The van der Waals surface area contributed by atoms with Crippen LogP contribution in [0.2, 0.25) is 0 Å². The van der Waals surface area contributed by atoms with Gasteiger partial charge in [0.05, 0.1) is 17.7 Å². The van der Waals surface area contributed by atoms with Crippen molar-refractivity contribution in [1.29, 1.82) is 0 Å². The van der Waals surface area contributed by atoms with E-state index < -0.39 is 22.8 Å². The zero-order chi connectivity index (χ0) is 26.7. The van der Waals surface area contributed by atoms with E-state index in [0.29, 0.717) is 22.6 Å². The van der Waals surface area contributed by atoms with Crippen molar-refractivity contribution in [3.63, 3.8) is 0 Å². The third kappa shape index (κ3) is 5.51. The number of halogens is 1. The number of aryl methyl sites for hydroxylation is 1. The van der Waals surface area contributed by atoms with Gasteiger partial charge in [-0.3, -0.25) is 25.0 Å².